The third-order valence-electron chi connectivity index (χ3n) is 3.73. The van der Waals surface area contributed by atoms with Gasteiger partial charge in [0.2, 0.25) is 0 Å². The van der Waals surface area contributed by atoms with Crippen molar-refractivity contribution >= 4 is 43.3 Å². The lowest BCUT2D eigenvalue weighted by Gasteiger charge is -2.24. The molecule has 0 radical (unpaired) electrons. The molecule has 0 amide bonds. The summed E-state index contributed by atoms with van der Waals surface area (Å²) in [7, 11) is -3.85. The van der Waals surface area contributed by atoms with Crippen LogP contribution in [0.15, 0.2) is 56.9 Å². The highest BCUT2D eigenvalue weighted by atomic mass is 79.9. The molecule has 0 bridgehead atoms. The average Bonchev–Trinajstić information content (AvgIpc) is 2.93. The quantitative estimate of drug-likeness (QED) is 0.790. The monoisotopic (exact) mass is 428 g/mol. The minimum Gasteiger partial charge on any atom is -0.508 e. The molecule has 1 atom stereocenters. The van der Waals surface area contributed by atoms with E-state index in [0.29, 0.717) is 22.7 Å². The topological polar surface area (TPSA) is 70.0 Å². The van der Waals surface area contributed by atoms with Crippen molar-refractivity contribution in [3.63, 3.8) is 0 Å². The number of halogens is 2. The summed E-state index contributed by atoms with van der Waals surface area (Å²) >= 11 is 9.18. The summed E-state index contributed by atoms with van der Waals surface area (Å²) in [6.07, 6.45) is 0.414. The molecular weight excluding hydrogens is 416 g/mol. The van der Waals surface area contributed by atoms with Crippen molar-refractivity contribution < 1.29 is 13.5 Å². The fraction of sp³-hybridized carbons (Fsp3) is 0.188. The molecule has 1 aliphatic heterocycles. The van der Waals surface area contributed by atoms with Crippen molar-refractivity contribution in [3.05, 3.63) is 57.5 Å². The molecule has 2 aromatic rings. The van der Waals surface area contributed by atoms with Crippen LogP contribution in [0, 0.1) is 0 Å². The number of sulfonamides is 1. The number of hydrogen-bond acceptors (Lipinski definition) is 4. The van der Waals surface area contributed by atoms with Gasteiger partial charge in [0.1, 0.15) is 5.75 Å². The fourth-order valence-corrected chi connectivity index (χ4v) is 4.56. The van der Waals surface area contributed by atoms with Gasteiger partial charge in [-0.1, -0.05) is 27.5 Å². The third-order valence-corrected chi connectivity index (χ3v) is 6.17. The van der Waals surface area contributed by atoms with Gasteiger partial charge in [-0.05, 0) is 49.4 Å². The summed E-state index contributed by atoms with van der Waals surface area (Å²) in [6.45, 7) is 1.76. The van der Waals surface area contributed by atoms with Crippen LogP contribution in [0.1, 0.15) is 24.9 Å². The average molecular weight is 430 g/mol. The molecule has 0 aromatic heterocycles. The van der Waals surface area contributed by atoms with E-state index in [2.05, 4.69) is 21.0 Å². The van der Waals surface area contributed by atoms with Gasteiger partial charge in [-0.25, -0.2) is 0 Å². The normalized spacial score (nSPS) is 17.9. The number of hydrazone groups is 1. The van der Waals surface area contributed by atoms with Gasteiger partial charge in [-0.15, -0.1) is 0 Å². The Kier molecular flexibility index (Phi) is 4.59. The Morgan fingerprint density at radius 3 is 2.58 bits per heavy atom. The maximum atomic E-state index is 13.0. The van der Waals surface area contributed by atoms with E-state index in [0.717, 1.165) is 8.89 Å². The summed E-state index contributed by atoms with van der Waals surface area (Å²) < 4.78 is 27.7. The minimum atomic E-state index is -3.85. The lowest BCUT2D eigenvalue weighted by molar-refractivity contribution is 0.358. The third kappa shape index (κ3) is 3.16. The number of phenolic OH excluding ortho intramolecular Hbond substituents is 1. The number of phenols is 1. The summed E-state index contributed by atoms with van der Waals surface area (Å²) in [5.74, 6) is 0.0319. The van der Waals surface area contributed by atoms with Crippen molar-refractivity contribution in [2.24, 2.45) is 5.10 Å². The van der Waals surface area contributed by atoms with Crippen molar-refractivity contribution in [2.75, 3.05) is 0 Å². The Labute approximate surface area is 153 Å². The largest absolute Gasteiger partial charge is 0.508 e. The first-order valence-electron chi connectivity index (χ1n) is 7.11. The van der Waals surface area contributed by atoms with Gasteiger partial charge in [0.15, 0.2) is 0 Å². The molecule has 0 aliphatic carbocycles. The molecule has 24 heavy (non-hydrogen) atoms. The first-order chi connectivity index (χ1) is 11.3. The summed E-state index contributed by atoms with van der Waals surface area (Å²) in [4.78, 5) is 0.102. The molecule has 0 saturated heterocycles. The van der Waals surface area contributed by atoms with Crippen LogP contribution in [-0.4, -0.2) is 23.7 Å². The number of hydrogen-bond donors (Lipinski definition) is 1. The highest BCUT2D eigenvalue weighted by molar-refractivity contribution is 9.10. The second-order valence-electron chi connectivity index (χ2n) is 5.49. The summed E-state index contributed by atoms with van der Waals surface area (Å²) in [6, 6.07) is 10.3. The van der Waals surface area contributed by atoms with Crippen LogP contribution >= 0.6 is 27.5 Å². The van der Waals surface area contributed by atoms with Gasteiger partial charge >= 0.3 is 0 Å². The van der Waals surface area contributed by atoms with Crippen molar-refractivity contribution in [1.29, 1.82) is 0 Å². The molecule has 5 nitrogen and oxygen atoms in total. The van der Waals surface area contributed by atoms with Crippen molar-refractivity contribution in [1.82, 2.24) is 4.41 Å². The zero-order chi connectivity index (χ0) is 17.5. The Balaban J connectivity index is 2.07. The summed E-state index contributed by atoms with van der Waals surface area (Å²) in [5.41, 5.74) is 1.18. The van der Waals surface area contributed by atoms with E-state index in [4.69, 9.17) is 11.6 Å². The number of benzene rings is 2. The van der Waals surface area contributed by atoms with Gasteiger partial charge in [0.05, 0.1) is 10.9 Å². The molecule has 1 aliphatic rings. The summed E-state index contributed by atoms with van der Waals surface area (Å²) in [5, 5.41) is 14.8. The number of rotatable bonds is 3. The van der Waals surface area contributed by atoms with Gasteiger partial charge in [0.25, 0.3) is 10.0 Å². The van der Waals surface area contributed by atoms with Gasteiger partial charge in [-0.2, -0.15) is 17.9 Å². The van der Waals surface area contributed by atoms with Crippen LogP contribution in [0.3, 0.4) is 0 Å². The van der Waals surface area contributed by atoms with E-state index >= 15 is 0 Å². The molecule has 1 heterocycles. The fourth-order valence-electron chi connectivity index (χ4n) is 2.59. The highest BCUT2D eigenvalue weighted by Gasteiger charge is 2.37. The Hall–Kier alpha value is -1.57. The number of nitrogens with zero attached hydrogens (tertiary/aromatic N) is 2. The lowest BCUT2D eigenvalue weighted by Crippen LogP contribution is -2.27. The molecular formula is C16H14BrClN2O3S. The molecule has 8 heteroatoms. The van der Waals surface area contributed by atoms with E-state index in [9.17, 15) is 13.5 Å². The van der Waals surface area contributed by atoms with Crippen molar-refractivity contribution in [2.45, 2.75) is 24.3 Å². The maximum Gasteiger partial charge on any atom is 0.279 e. The van der Waals surface area contributed by atoms with Crippen LogP contribution in [0.4, 0.5) is 0 Å². The van der Waals surface area contributed by atoms with E-state index in [1.807, 2.05) is 0 Å². The zero-order valence-corrected chi connectivity index (χ0v) is 15.8. The molecule has 1 N–H and O–H groups in total. The predicted molar refractivity (Wildman–Crippen MR) is 96.8 cm³/mol. The molecule has 0 fully saturated rings. The van der Waals surface area contributed by atoms with E-state index in [-0.39, 0.29) is 10.6 Å². The Morgan fingerprint density at radius 2 is 1.92 bits per heavy atom. The molecule has 3 rings (SSSR count). The standard InChI is InChI=1S/C16H14BrClN2O3S/c1-10-8-15(14-9-11(17)2-7-16(14)21)20(19-10)24(22,23)13-5-3-12(18)4-6-13/h2-7,9,15,21H,8H2,1H3. The Bertz CT molecular complexity index is 913. The van der Waals surface area contributed by atoms with Crippen LogP contribution in [0.2, 0.25) is 5.02 Å². The first-order valence-corrected chi connectivity index (χ1v) is 9.72. The lowest BCUT2D eigenvalue weighted by atomic mass is 10.0. The zero-order valence-electron chi connectivity index (χ0n) is 12.6. The molecule has 126 valence electrons. The minimum absolute atomic E-state index is 0.0319. The van der Waals surface area contributed by atoms with Crippen LogP contribution in [0.5, 0.6) is 5.75 Å². The molecule has 0 spiro atoms. The maximum absolute atomic E-state index is 13.0. The Morgan fingerprint density at radius 1 is 1.25 bits per heavy atom. The van der Waals surface area contributed by atoms with Gasteiger partial charge in [0, 0.05) is 27.2 Å². The highest BCUT2D eigenvalue weighted by Crippen LogP contribution is 2.40. The smallest absolute Gasteiger partial charge is 0.279 e. The molecule has 0 saturated carbocycles. The van der Waals surface area contributed by atoms with Crippen LogP contribution < -0.4 is 0 Å². The van der Waals surface area contributed by atoms with Gasteiger partial charge < -0.3 is 5.11 Å². The molecule has 2 aromatic carbocycles. The SMILES string of the molecule is CC1=NN(S(=O)(=O)c2ccc(Cl)cc2)C(c2cc(Br)ccc2O)C1. The molecule has 1 unspecified atom stereocenters. The van der Waals surface area contributed by atoms with E-state index in [1.165, 1.54) is 30.3 Å². The van der Waals surface area contributed by atoms with Crippen LogP contribution in [-0.2, 0) is 10.0 Å². The van der Waals surface area contributed by atoms with Crippen molar-refractivity contribution in [3.8, 4) is 5.75 Å². The van der Waals surface area contributed by atoms with E-state index in [1.54, 1.807) is 19.1 Å². The van der Waals surface area contributed by atoms with Gasteiger partial charge in [-0.3, -0.25) is 0 Å². The van der Waals surface area contributed by atoms with Crippen LogP contribution in [0.25, 0.3) is 0 Å². The second-order valence-corrected chi connectivity index (χ2v) is 8.64. The first kappa shape index (κ1) is 17.3. The second kappa shape index (κ2) is 6.38. The van der Waals surface area contributed by atoms with E-state index < -0.39 is 16.1 Å². The number of aromatic hydroxyl groups is 1. The predicted octanol–water partition coefficient (Wildman–Crippen LogP) is 4.32.